The highest BCUT2D eigenvalue weighted by Crippen LogP contribution is 2.19. The molecule has 2 rings (SSSR count). The minimum Gasteiger partial charge on any atom is -0.324 e. The van der Waals surface area contributed by atoms with Gasteiger partial charge in [-0.05, 0) is 31.5 Å². The van der Waals surface area contributed by atoms with Gasteiger partial charge in [0.2, 0.25) is 5.91 Å². The summed E-state index contributed by atoms with van der Waals surface area (Å²) in [5.74, 6) is -0.442. The summed E-state index contributed by atoms with van der Waals surface area (Å²) >= 11 is 6.00. The Balaban J connectivity index is 2.08. The van der Waals surface area contributed by atoms with Crippen LogP contribution in [-0.2, 0) is 11.3 Å². The lowest BCUT2D eigenvalue weighted by Crippen LogP contribution is -2.20. The summed E-state index contributed by atoms with van der Waals surface area (Å²) in [5, 5.41) is 10.9. The van der Waals surface area contributed by atoms with Gasteiger partial charge in [0.25, 0.3) is 0 Å². The molecule has 110 valence electrons. The van der Waals surface area contributed by atoms with Gasteiger partial charge in [0.15, 0.2) is 11.5 Å². The van der Waals surface area contributed by atoms with Crippen molar-refractivity contribution in [2.75, 3.05) is 5.32 Å². The number of hydrogen-bond acceptors (Lipinski definition) is 4. The van der Waals surface area contributed by atoms with Crippen LogP contribution in [0.25, 0.3) is 0 Å². The second-order valence-corrected chi connectivity index (χ2v) is 5.16. The Morgan fingerprint density at radius 3 is 2.62 bits per heavy atom. The molecule has 0 saturated carbocycles. The van der Waals surface area contributed by atoms with E-state index in [1.165, 1.54) is 11.6 Å². The van der Waals surface area contributed by atoms with E-state index in [2.05, 4.69) is 15.6 Å². The Hall–Kier alpha value is -2.21. The lowest BCUT2D eigenvalue weighted by Gasteiger charge is -2.07. The molecule has 0 spiro atoms. The third kappa shape index (κ3) is 3.46. The van der Waals surface area contributed by atoms with Crippen molar-refractivity contribution in [1.82, 2.24) is 15.0 Å². The molecule has 7 heteroatoms. The highest BCUT2D eigenvalue weighted by Gasteiger charge is 2.14. The fraction of sp³-hybridized carbons (Fsp3) is 0.286. The lowest BCUT2D eigenvalue weighted by atomic mass is 10.2. The number of amides is 1. The van der Waals surface area contributed by atoms with Crippen LogP contribution in [0, 0.1) is 13.8 Å². The van der Waals surface area contributed by atoms with E-state index in [4.69, 9.17) is 11.6 Å². The van der Waals surface area contributed by atoms with E-state index in [1.54, 1.807) is 19.1 Å². The van der Waals surface area contributed by atoms with Crippen molar-refractivity contribution >= 4 is 29.0 Å². The highest BCUT2D eigenvalue weighted by atomic mass is 35.5. The van der Waals surface area contributed by atoms with E-state index in [0.29, 0.717) is 16.4 Å². The summed E-state index contributed by atoms with van der Waals surface area (Å²) in [4.78, 5) is 23.3. The van der Waals surface area contributed by atoms with E-state index >= 15 is 0 Å². The van der Waals surface area contributed by atoms with Gasteiger partial charge < -0.3 is 5.32 Å². The standard InChI is InChI=1S/C14H15ClN4O2/c1-8-4-5-11(6-12(8)15)16-13(21)7-19-9(2)14(10(3)20)17-18-19/h4-6H,7H2,1-3H3,(H,16,21). The fourth-order valence-corrected chi connectivity index (χ4v) is 2.02. The highest BCUT2D eigenvalue weighted by molar-refractivity contribution is 6.31. The van der Waals surface area contributed by atoms with Crippen LogP contribution in [0.4, 0.5) is 5.69 Å². The van der Waals surface area contributed by atoms with Crippen LogP contribution >= 0.6 is 11.6 Å². The van der Waals surface area contributed by atoms with Crippen LogP contribution in [0.15, 0.2) is 18.2 Å². The largest absolute Gasteiger partial charge is 0.324 e. The quantitative estimate of drug-likeness (QED) is 0.880. The number of rotatable bonds is 4. The summed E-state index contributed by atoms with van der Waals surface area (Å²) < 4.78 is 1.39. The van der Waals surface area contributed by atoms with Gasteiger partial charge in [0.05, 0.1) is 5.69 Å². The summed E-state index contributed by atoms with van der Waals surface area (Å²) in [6.07, 6.45) is 0. The van der Waals surface area contributed by atoms with Crippen LogP contribution < -0.4 is 5.32 Å². The Morgan fingerprint density at radius 1 is 1.33 bits per heavy atom. The number of carbonyl (C=O) groups is 2. The number of benzene rings is 1. The Bertz CT molecular complexity index is 709. The molecule has 0 radical (unpaired) electrons. The molecule has 0 bridgehead atoms. The van der Waals surface area contributed by atoms with Gasteiger partial charge >= 0.3 is 0 Å². The smallest absolute Gasteiger partial charge is 0.246 e. The average Bonchev–Trinajstić information content (AvgIpc) is 2.75. The first kappa shape index (κ1) is 15.2. The first-order chi connectivity index (χ1) is 9.88. The maximum absolute atomic E-state index is 12.0. The molecule has 21 heavy (non-hydrogen) atoms. The summed E-state index contributed by atoms with van der Waals surface area (Å²) in [6, 6.07) is 5.28. The minimum absolute atomic E-state index is 0.0163. The number of Topliss-reactive ketones (excluding diaryl/α,β-unsaturated/α-hetero) is 1. The number of aromatic nitrogens is 3. The molecule has 0 aliphatic heterocycles. The summed E-state index contributed by atoms with van der Waals surface area (Å²) in [5.41, 5.74) is 2.40. The zero-order valence-corrected chi connectivity index (χ0v) is 12.7. The number of nitrogens with zero attached hydrogens (tertiary/aromatic N) is 3. The number of anilines is 1. The molecule has 6 nitrogen and oxygen atoms in total. The predicted octanol–water partition coefficient (Wildman–Crippen LogP) is 2.39. The van der Waals surface area contributed by atoms with Crippen LogP contribution in [0.5, 0.6) is 0 Å². The molecule has 0 atom stereocenters. The Labute approximate surface area is 127 Å². The van der Waals surface area contributed by atoms with Crippen LogP contribution in [0.3, 0.4) is 0 Å². The molecule has 0 fully saturated rings. The number of carbonyl (C=O) groups excluding carboxylic acids is 2. The molecule has 1 aromatic carbocycles. The zero-order chi connectivity index (χ0) is 15.6. The number of hydrogen-bond donors (Lipinski definition) is 1. The van der Waals surface area contributed by atoms with Crippen molar-refractivity contribution in [2.45, 2.75) is 27.3 Å². The third-order valence-corrected chi connectivity index (χ3v) is 3.47. The van der Waals surface area contributed by atoms with Gasteiger partial charge in [-0.25, -0.2) is 4.68 Å². The molecule has 0 aliphatic carbocycles. The maximum Gasteiger partial charge on any atom is 0.246 e. The number of ketones is 1. The normalized spacial score (nSPS) is 10.5. The molecular weight excluding hydrogens is 292 g/mol. The van der Waals surface area contributed by atoms with Crippen LogP contribution in [0.2, 0.25) is 5.02 Å². The van der Waals surface area contributed by atoms with Crippen molar-refractivity contribution in [3.8, 4) is 0 Å². The minimum atomic E-state index is -0.266. The second kappa shape index (κ2) is 6.05. The van der Waals surface area contributed by atoms with E-state index < -0.39 is 0 Å². The first-order valence-corrected chi connectivity index (χ1v) is 6.73. The maximum atomic E-state index is 12.0. The van der Waals surface area contributed by atoms with Crippen molar-refractivity contribution in [2.24, 2.45) is 0 Å². The van der Waals surface area contributed by atoms with Crippen LogP contribution in [-0.4, -0.2) is 26.7 Å². The van der Waals surface area contributed by atoms with Crippen molar-refractivity contribution in [1.29, 1.82) is 0 Å². The van der Waals surface area contributed by atoms with Gasteiger partial charge in [-0.1, -0.05) is 22.9 Å². The predicted molar refractivity (Wildman–Crippen MR) is 79.6 cm³/mol. The van der Waals surface area contributed by atoms with E-state index in [9.17, 15) is 9.59 Å². The van der Waals surface area contributed by atoms with Gasteiger partial charge in [-0.3, -0.25) is 9.59 Å². The van der Waals surface area contributed by atoms with Gasteiger partial charge in [0, 0.05) is 17.6 Å². The molecule has 1 heterocycles. The molecular formula is C14H15ClN4O2. The SMILES string of the molecule is CC(=O)c1nnn(CC(=O)Nc2ccc(C)c(Cl)c2)c1C. The van der Waals surface area contributed by atoms with Crippen molar-refractivity contribution in [3.05, 3.63) is 40.2 Å². The zero-order valence-electron chi connectivity index (χ0n) is 12.0. The van der Waals surface area contributed by atoms with Crippen molar-refractivity contribution in [3.63, 3.8) is 0 Å². The van der Waals surface area contributed by atoms with E-state index in [-0.39, 0.29) is 23.9 Å². The number of nitrogens with one attached hydrogen (secondary N) is 1. The number of aryl methyl sites for hydroxylation is 1. The van der Waals surface area contributed by atoms with Crippen molar-refractivity contribution < 1.29 is 9.59 Å². The second-order valence-electron chi connectivity index (χ2n) is 4.75. The summed E-state index contributed by atoms with van der Waals surface area (Å²) in [7, 11) is 0. The number of halogens is 1. The average molecular weight is 307 g/mol. The van der Waals surface area contributed by atoms with Gasteiger partial charge in [-0.2, -0.15) is 0 Å². The van der Waals surface area contributed by atoms with Gasteiger partial charge in [0.1, 0.15) is 6.54 Å². The molecule has 0 aliphatic rings. The Kier molecular flexibility index (Phi) is 4.37. The molecule has 2 aromatic rings. The van der Waals surface area contributed by atoms with E-state index in [1.807, 2.05) is 13.0 Å². The fourth-order valence-electron chi connectivity index (χ4n) is 1.84. The van der Waals surface area contributed by atoms with Crippen LogP contribution in [0.1, 0.15) is 28.7 Å². The van der Waals surface area contributed by atoms with E-state index in [0.717, 1.165) is 5.56 Å². The Morgan fingerprint density at radius 2 is 2.05 bits per heavy atom. The molecule has 0 saturated heterocycles. The molecule has 1 amide bonds. The third-order valence-electron chi connectivity index (χ3n) is 3.07. The monoisotopic (exact) mass is 306 g/mol. The topological polar surface area (TPSA) is 76.9 Å². The summed E-state index contributed by atoms with van der Waals surface area (Å²) in [6.45, 7) is 4.98. The lowest BCUT2D eigenvalue weighted by molar-refractivity contribution is -0.117. The van der Waals surface area contributed by atoms with Gasteiger partial charge in [-0.15, -0.1) is 5.10 Å². The molecule has 0 unspecified atom stereocenters. The first-order valence-electron chi connectivity index (χ1n) is 6.35. The molecule has 1 aromatic heterocycles. The molecule has 1 N–H and O–H groups in total.